The van der Waals surface area contributed by atoms with Crippen molar-refractivity contribution in [2.24, 2.45) is 0 Å². The standard InChI is InChI=1S/C14H14F2N2O/c1-9(13-4-2-3-5-17-13)18-8-10-6-11(15)14(19)12(16)7-10/h2-7,9,18-19H,8H2,1H3. The average molecular weight is 264 g/mol. The summed E-state index contributed by atoms with van der Waals surface area (Å²) in [5.74, 6) is -2.86. The third-order valence-electron chi connectivity index (χ3n) is 2.82. The summed E-state index contributed by atoms with van der Waals surface area (Å²) < 4.78 is 26.3. The van der Waals surface area contributed by atoms with Crippen LogP contribution in [0.2, 0.25) is 0 Å². The minimum Gasteiger partial charge on any atom is -0.503 e. The van der Waals surface area contributed by atoms with Crippen LogP contribution < -0.4 is 5.32 Å². The Hall–Kier alpha value is -2.01. The zero-order chi connectivity index (χ0) is 13.8. The van der Waals surface area contributed by atoms with Gasteiger partial charge in [0.25, 0.3) is 0 Å². The lowest BCUT2D eigenvalue weighted by atomic mass is 10.1. The summed E-state index contributed by atoms with van der Waals surface area (Å²) in [7, 11) is 0. The maximum atomic E-state index is 13.2. The van der Waals surface area contributed by atoms with E-state index in [2.05, 4.69) is 10.3 Å². The number of hydrogen-bond donors (Lipinski definition) is 2. The van der Waals surface area contributed by atoms with Crippen molar-refractivity contribution in [3.8, 4) is 5.75 Å². The van der Waals surface area contributed by atoms with Gasteiger partial charge >= 0.3 is 0 Å². The second-order valence-electron chi connectivity index (χ2n) is 4.27. The molecule has 0 saturated carbocycles. The second kappa shape index (κ2) is 5.75. The number of pyridine rings is 1. The Kier molecular flexibility index (Phi) is 4.06. The van der Waals surface area contributed by atoms with Crippen molar-refractivity contribution in [1.29, 1.82) is 0 Å². The van der Waals surface area contributed by atoms with E-state index in [1.54, 1.807) is 6.20 Å². The minimum atomic E-state index is -0.956. The van der Waals surface area contributed by atoms with E-state index in [4.69, 9.17) is 5.11 Å². The van der Waals surface area contributed by atoms with E-state index >= 15 is 0 Å². The van der Waals surface area contributed by atoms with Crippen LogP contribution in [0.4, 0.5) is 8.78 Å². The number of benzene rings is 1. The van der Waals surface area contributed by atoms with Crippen molar-refractivity contribution in [3.63, 3.8) is 0 Å². The maximum Gasteiger partial charge on any atom is 0.187 e. The Labute approximate surface area is 109 Å². The van der Waals surface area contributed by atoms with Gasteiger partial charge in [0.1, 0.15) is 0 Å². The minimum absolute atomic E-state index is 0.0406. The van der Waals surface area contributed by atoms with E-state index in [1.807, 2.05) is 25.1 Å². The molecule has 0 saturated heterocycles. The first-order chi connectivity index (χ1) is 9.08. The Balaban J connectivity index is 2.03. The summed E-state index contributed by atoms with van der Waals surface area (Å²) in [6, 6.07) is 7.74. The Morgan fingerprint density at radius 2 is 1.95 bits per heavy atom. The van der Waals surface area contributed by atoms with Gasteiger partial charge in [-0.15, -0.1) is 0 Å². The van der Waals surface area contributed by atoms with Gasteiger partial charge in [-0.3, -0.25) is 4.98 Å². The molecule has 0 aliphatic heterocycles. The lowest BCUT2D eigenvalue weighted by molar-refractivity contribution is 0.394. The first kappa shape index (κ1) is 13.4. The van der Waals surface area contributed by atoms with Crippen LogP contribution in [0.5, 0.6) is 5.75 Å². The van der Waals surface area contributed by atoms with Gasteiger partial charge < -0.3 is 10.4 Å². The molecule has 1 atom stereocenters. The Bertz CT molecular complexity index is 538. The van der Waals surface area contributed by atoms with Gasteiger partial charge in [0.15, 0.2) is 17.4 Å². The molecule has 2 aromatic rings. The molecule has 0 spiro atoms. The van der Waals surface area contributed by atoms with Gasteiger partial charge in [0.2, 0.25) is 0 Å². The number of phenolic OH excluding ortho intramolecular Hbond substituents is 1. The molecule has 2 N–H and O–H groups in total. The average Bonchev–Trinajstić information content (AvgIpc) is 2.43. The van der Waals surface area contributed by atoms with E-state index < -0.39 is 17.4 Å². The molecule has 2 rings (SSSR count). The SMILES string of the molecule is CC(NCc1cc(F)c(O)c(F)c1)c1ccccn1. The zero-order valence-corrected chi connectivity index (χ0v) is 10.4. The van der Waals surface area contributed by atoms with Crippen LogP contribution in [-0.4, -0.2) is 10.1 Å². The van der Waals surface area contributed by atoms with Crippen molar-refractivity contribution < 1.29 is 13.9 Å². The van der Waals surface area contributed by atoms with Gasteiger partial charge in [-0.2, -0.15) is 0 Å². The van der Waals surface area contributed by atoms with E-state index in [1.165, 1.54) is 0 Å². The number of rotatable bonds is 4. The molecule has 0 aliphatic rings. The molecular weight excluding hydrogens is 250 g/mol. The molecular formula is C14H14F2N2O. The number of aromatic nitrogens is 1. The Morgan fingerprint density at radius 1 is 1.26 bits per heavy atom. The quantitative estimate of drug-likeness (QED) is 0.892. The fourth-order valence-electron chi connectivity index (χ4n) is 1.73. The van der Waals surface area contributed by atoms with Crippen LogP contribution in [0.15, 0.2) is 36.5 Å². The third-order valence-corrected chi connectivity index (χ3v) is 2.82. The van der Waals surface area contributed by atoms with Gasteiger partial charge in [0, 0.05) is 18.8 Å². The molecule has 0 fully saturated rings. The number of aromatic hydroxyl groups is 1. The highest BCUT2D eigenvalue weighted by molar-refractivity contribution is 5.30. The highest BCUT2D eigenvalue weighted by atomic mass is 19.1. The molecule has 3 nitrogen and oxygen atoms in total. The van der Waals surface area contributed by atoms with Crippen LogP contribution in [-0.2, 0) is 6.54 Å². The molecule has 0 radical (unpaired) electrons. The van der Waals surface area contributed by atoms with Gasteiger partial charge in [0.05, 0.1) is 5.69 Å². The summed E-state index contributed by atoms with van der Waals surface area (Å²) in [4.78, 5) is 4.19. The van der Waals surface area contributed by atoms with Crippen LogP contribution in [0.1, 0.15) is 24.2 Å². The highest BCUT2D eigenvalue weighted by Crippen LogP contribution is 2.21. The second-order valence-corrected chi connectivity index (χ2v) is 4.27. The normalized spacial score (nSPS) is 12.4. The number of hydrogen-bond acceptors (Lipinski definition) is 3. The zero-order valence-electron chi connectivity index (χ0n) is 10.4. The molecule has 100 valence electrons. The lowest BCUT2D eigenvalue weighted by Crippen LogP contribution is -2.19. The maximum absolute atomic E-state index is 13.2. The largest absolute Gasteiger partial charge is 0.503 e. The van der Waals surface area contributed by atoms with Crippen LogP contribution in [0, 0.1) is 11.6 Å². The number of nitrogens with one attached hydrogen (secondary N) is 1. The van der Waals surface area contributed by atoms with Gasteiger partial charge in [-0.05, 0) is 36.8 Å². The molecule has 1 aromatic heterocycles. The lowest BCUT2D eigenvalue weighted by Gasteiger charge is -2.13. The van der Waals surface area contributed by atoms with Crippen LogP contribution in [0.25, 0.3) is 0 Å². The monoisotopic (exact) mass is 264 g/mol. The van der Waals surface area contributed by atoms with Crippen molar-refractivity contribution >= 4 is 0 Å². The molecule has 5 heteroatoms. The molecule has 0 bridgehead atoms. The summed E-state index contributed by atoms with van der Waals surface area (Å²) >= 11 is 0. The number of halogens is 2. The van der Waals surface area contributed by atoms with E-state index in [0.29, 0.717) is 5.56 Å². The predicted molar refractivity (Wildman–Crippen MR) is 67.5 cm³/mol. The predicted octanol–water partition coefficient (Wildman–Crippen LogP) is 2.92. The number of nitrogens with zero attached hydrogens (tertiary/aromatic N) is 1. The first-order valence-corrected chi connectivity index (χ1v) is 5.89. The topological polar surface area (TPSA) is 45.1 Å². The van der Waals surface area contributed by atoms with E-state index in [9.17, 15) is 8.78 Å². The molecule has 0 aliphatic carbocycles. The summed E-state index contributed by atoms with van der Waals surface area (Å²) in [5.41, 5.74) is 1.28. The summed E-state index contributed by atoms with van der Waals surface area (Å²) in [6.45, 7) is 2.20. The van der Waals surface area contributed by atoms with Crippen molar-refractivity contribution in [1.82, 2.24) is 10.3 Å². The molecule has 1 aromatic carbocycles. The smallest absolute Gasteiger partial charge is 0.187 e. The summed E-state index contributed by atoms with van der Waals surface area (Å²) in [6.07, 6.45) is 1.69. The highest BCUT2D eigenvalue weighted by Gasteiger charge is 2.11. The van der Waals surface area contributed by atoms with Gasteiger partial charge in [-0.1, -0.05) is 6.07 Å². The van der Waals surface area contributed by atoms with Gasteiger partial charge in [-0.25, -0.2) is 8.78 Å². The molecule has 0 amide bonds. The fraction of sp³-hybridized carbons (Fsp3) is 0.214. The van der Waals surface area contributed by atoms with Crippen molar-refractivity contribution in [2.45, 2.75) is 19.5 Å². The van der Waals surface area contributed by atoms with Crippen LogP contribution >= 0.6 is 0 Å². The number of phenols is 1. The van der Waals surface area contributed by atoms with Crippen molar-refractivity contribution in [3.05, 3.63) is 59.4 Å². The fourth-order valence-corrected chi connectivity index (χ4v) is 1.73. The van der Waals surface area contributed by atoms with Crippen molar-refractivity contribution in [2.75, 3.05) is 0 Å². The Morgan fingerprint density at radius 3 is 2.53 bits per heavy atom. The van der Waals surface area contributed by atoms with E-state index in [-0.39, 0.29) is 12.6 Å². The molecule has 19 heavy (non-hydrogen) atoms. The van der Waals surface area contributed by atoms with Crippen LogP contribution in [0.3, 0.4) is 0 Å². The van der Waals surface area contributed by atoms with E-state index in [0.717, 1.165) is 17.8 Å². The summed E-state index contributed by atoms with van der Waals surface area (Å²) in [5, 5.41) is 12.1. The molecule has 1 heterocycles. The first-order valence-electron chi connectivity index (χ1n) is 5.89. The third kappa shape index (κ3) is 3.26. The molecule has 1 unspecified atom stereocenters.